The largest absolute Gasteiger partial charge is 0.497 e. The topological polar surface area (TPSA) is 76.8 Å². The molecule has 9 heteroatoms. The average molecular weight is 353 g/mol. The maximum atomic E-state index is 12.7. The van der Waals surface area contributed by atoms with Crippen LogP contribution in [0, 0.1) is 17.0 Å². The monoisotopic (exact) mass is 353 g/mol. The fourth-order valence-electron chi connectivity index (χ4n) is 2.04. The molecule has 0 spiro atoms. The number of nitrogens with one attached hydrogen (secondary N) is 1. The average Bonchev–Trinajstić information content (AvgIpc) is 2.55. The minimum Gasteiger partial charge on any atom is -0.497 e. The number of methoxy groups -OCH3 is 1. The van der Waals surface area contributed by atoms with E-state index in [4.69, 9.17) is 4.74 Å². The molecule has 2 aromatic carbocycles. The second-order valence-electron chi connectivity index (χ2n) is 5.08. The Balaban J connectivity index is 2.24. The maximum Gasteiger partial charge on any atom is 0.416 e. The molecule has 0 aliphatic carbocycles. The summed E-state index contributed by atoms with van der Waals surface area (Å²) in [6.07, 6.45) is -3.25. The predicted octanol–water partition coefficient (Wildman–Crippen LogP) is 4.38. The van der Waals surface area contributed by atoms with Gasteiger partial charge in [0.1, 0.15) is 11.4 Å². The van der Waals surface area contributed by atoms with Crippen molar-refractivity contribution in [1.29, 1.82) is 0 Å². The molecule has 0 unspecified atom stereocenters. The lowest BCUT2D eigenvalue weighted by molar-refractivity contribution is -0.384. The Bertz CT molecular complexity index is 820. The highest BCUT2D eigenvalue weighted by Gasteiger charge is 2.33. The van der Waals surface area contributed by atoms with Crippen LogP contribution in [0.5, 0.6) is 5.75 Å². The first-order valence-corrected chi connectivity index (χ1v) is 7.01. The van der Waals surface area contributed by atoms with Crippen molar-refractivity contribution in [2.45, 2.75) is 13.1 Å². The van der Waals surface area contributed by atoms with Crippen molar-refractivity contribution in [2.24, 2.45) is 5.10 Å². The van der Waals surface area contributed by atoms with E-state index in [1.54, 1.807) is 18.2 Å². The van der Waals surface area contributed by atoms with Crippen molar-refractivity contribution in [3.63, 3.8) is 0 Å². The Morgan fingerprint density at radius 2 is 1.96 bits per heavy atom. The molecule has 0 heterocycles. The van der Waals surface area contributed by atoms with Crippen LogP contribution in [0.3, 0.4) is 0 Å². The van der Waals surface area contributed by atoms with E-state index in [0.29, 0.717) is 11.8 Å². The van der Waals surface area contributed by atoms with Gasteiger partial charge in [-0.2, -0.15) is 18.3 Å². The summed E-state index contributed by atoms with van der Waals surface area (Å²) in [5, 5.41) is 14.9. The Labute approximate surface area is 141 Å². The molecule has 0 aliphatic rings. The van der Waals surface area contributed by atoms with Gasteiger partial charge in [0.25, 0.3) is 5.69 Å². The summed E-state index contributed by atoms with van der Waals surface area (Å²) in [7, 11) is 1.54. The van der Waals surface area contributed by atoms with Crippen LogP contribution in [0.25, 0.3) is 0 Å². The van der Waals surface area contributed by atoms with Gasteiger partial charge < -0.3 is 4.74 Å². The summed E-state index contributed by atoms with van der Waals surface area (Å²) in [5.74, 6) is 0.668. The van der Waals surface area contributed by atoms with Gasteiger partial charge in [0.05, 0.1) is 23.8 Å². The molecule has 0 bridgehead atoms. The first-order valence-electron chi connectivity index (χ1n) is 7.01. The van der Waals surface area contributed by atoms with Crippen LogP contribution in [-0.4, -0.2) is 18.2 Å². The number of nitro groups is 1. The van der Waals surface area contributed by atoms with Gasteiger partial charge in [-0.15, -0.1) is 0 Å². The molecule has 25 heavy (non-hydrogen) atoms. The zero-order valence-electron chi connectivity index (χ0n) is 13.3. The Morgan fingerprint density at radius 1 is 1.24 bits per heavy atom. The predicted molar refractivity (Wildman–Crippen MR) is 87.0 cm³/mol. The number of alkyl halides is 3. The van der Waals surface area contributed by atoms with E-state index in [1.165, 1.54) is 13.3 Å². The van der Waals surface area contributed by atoms with Crippen LogP contribution >= 0.6 is 0 Å². The summed E-state index contributed by atoms with van der Waals surface area (Å²) in [6.45, 7) is 1.82. The highest BCUT2D eigenvalue weighted by Crippen LogP contribution is 2.34. The third kappa shape index (κ3) is 4.46. The molecule has 0 saturated carbocycles. The minimum absolute atomic E-state index is 0.139. The smallest absolute Gasteiger partial charge is 0.416 e. The van der Waals surface area contributed by atoms with Gasteiger partial charge in [0, 0.05) is 6.07 Å². The number of halogens is 3. The van der Waals surface area contributed by atoms with Crippen LogP contribution < -0.4 is 10.2 Å². The highest BCUT2D eigenvalue weighted by molar-refractivity contribution is 5.82. The fraction of sp³-hybridized carbons (Fsp3) is 0.188. The van der Waals surface area contributed by atoms with Gasteiger partial charge in [0.15, 0.2) is 0 Å². The van der Waals surface area contributed by atoms with Crippen molar-refractivity contribution < 1.29 is 22.8 Å². The fourth-order valence-corrected chi connectivity index (χ4v) is 2.04. The molecule has 6 nitrogen and oxygen atoms in total. The Kier molecular flexibility index (Phi) is 5.26. The molecule has 0 radical (unpaired) electrons. The third-order valence-electron chi connectivity index (χ3n) is 3.39. The number of hydrogen-bond donors (Lipinski definition) is 1. The lowest BCUT2D eigenvalue weighted by Crippen LogP contribution is -2.06. The van der Waals surface area contributed by atoms with E-state index in [-0.39, 0.29) is 5.69 Å². The SMILES string of the molecule is COc1ccc(/C=N\Nc2ccc(C(F)(F)F)cc2[N+](=O)[O-])c(C)c1. The van der Waals surface area contributed by atoms with E-state index in [9.17, 15) is 23.3 Å². The number of nitro benzene ring substituents is 1. The standard InChI is InChI=1S/C16H14F3N3O3/c1-10-7-13(25-2)5-3-11(10)9-20-21-14-6-4-12(16(17,18)19)8-15(14)22(23)24/h3-9,21H,1-2H3/b20-9-. The molecule has 132 valence electrons. The number of hydrogen-bond acceptors (Lipinski definition) is 5. The first kappa shape index (κ1) is 18.2. The number of benzene rings is 2. The first-order chi connectivity index (χ1) is 11.7. The lowest BCUT2D eigenvalue weighted by atomic mass is 10.1. The van der Waals surface area contributed by atoms with Crippen molar-refractivity contribution in [2.75, 3.05) is 12.5 Å². The van der Waals surface area contributed by atoms with E-state index >= 15 is 0 Å². The molecule has 0 fully saturated rings. The molecule has 2 aromatic rings. The quantitative estimate of drug-likeness (QED) is 0.492. The van der Waals surface area contributed by atoms with Gasteiger partial charge in [-0.3, -0.25) is 15.5 Å². The minimum atomic E-state index is -4.66. The Hall–Kier alpha value is -3.10. The van der Waals surface area contributed by atoms with Gasteiger partial charge in [-0.25, -0.2) is 0 Å². The Morgan fingerprint density at radius 3 is 2.52 bits per heavy atom. The van der Waals surface area contributed by atoms with Gasteiger partial charge >= 0.3 is 6.18 Å². The van der Waals surface area contributed by atoms with Crippen LogP contribution in [0.2, 0.25) is 0 Å². The zero-order valence-corrected chi connectivity index (χ0v) is 13.3. The number of anilines is 1. The van der Waals surface area contributed by atoms with Crippen LogP contribution in [0.1, 0.15) is 16.7 Å². The summed E-state index contributed by atoms with van der Waals surface area (Å²) in [6, 6.07) is 7.43. The van der Waals surface area contributed by atoms with E-state index < -0.39 is 22.4 Å². The normalized spacial score (nSPS) is 11.6. The third-order valence-corrected chi connectivity index (χ3v) is 3.39. The van der Waals surface area contributed by atoms with Crippen LogP contribution in [0.4, 0.5) is 24.5 Å². The second-order valence-corrected chi connectivity index (χ2v) is 5.08. The molecule has 1 N–H and O–H groups in total. The van der Waals surface area contributed by atoms with Crippen LogP contribution in [-0.2, 0) is 6.18 Å². The van der Waals surface area contributed by atoms with E-state index in [1.807, 2.05) is 6.92 Å². The van der Waals surface area contributed by atoms with Crippen LogP contribution in [0.15, 0.2) is 41.5 Å². The number of nitrogens with zero attached hydrogens (tertiary/aromatic N) is 2. The molecule has 2 rings (SSSR count). The van der Waals surface area contributed by atoms with Crippen molar-refractivity contribution >= 4 is 17.6 Å². The maximum absolute atomic E-state index is 12.7. The number of rotatable bonds is 5. The molecule has 0 saturated heterocycles. The number of aryl methyl sites for hydroxylation is 1. The highest BCUT2D eigenvalue weighted by atomic mass is 19.4. The summed E-state index contributed by atoms with van der Waals surface area (Å²) < 4.78 is 43.1. The summed E-state index contributed by atoms with van der Waals surface area (Å²) in [4.78, 5) is 10.1. The number of hydrazone groups is 1. The van der Waals surface area contributed by atoms with E-state index in [2.05, 4.69) is 10.5 Å². The molecule has 0 aromatic heterocycles. The molecule has 0 amide bonds. The van der Waals surface area contributed by atoms with Crippen molar-refractivity contribution in [3.05, 3.63) is 63.2 Å². The van der Waals surface area contributed by atoms with Gasteiger partial charge in [0.2, 0.25) is 0 Å². The molecular weight excluding hydrogens is 339 g/mol. The summed E-state index contributed by atoms with van der Waals surface area (Å²) in [5.41, 5.74) is 2.04. The molecular formula is C16H14F3N3O3. The van der Waals surface area contributed by atoms with Gasteiger partial charge in [-0.1, -0.05) is 0 Å². The molecule has 0 atom stereocenters. The second kappa shape index (κ2) is 7.20. The van der Waals surface area contributed by atoms with Crippen molar-refractivity contribution in [1.82, 2.24) is 0 Å². The number of ether oxygens (including phenoxy) is 1. The lowest BCUT2D eigenvalue weighted by Gasteiger charge is -2.08. The van der Waals surface area contributed by atoms with Crippen molar-refractivity contribution in [3.8, 4) is 5.75 Å². The molecule has 0 aliphatic heterocycles. The van der Waals surface area contributed by atoms with Gasteiger partial charge in [-0.05, 0) is 48.4 Å². The summed E-state index contributed by atoms with van der Waals surface area (Å²) >= 11 is 0. The van der Waals surface area contributed by atoms with E-state index in [0.717, 1.165) is 23.3 Å². The zero-order chi connectivity index (χ0) is 18.6.